The summed E-state index contributed by atoms with van der Waals surface area (Å²) in [5, 5.41) is 5.77. The molecule has 2 aromatic rings. The van der Waals surface area contributed by atoms with E-state index in [1.165, 1.54) is 0 Å². The van der Waals surface area contributed by atoms with Crippen molar-refractivity contribution in [3.05, 3.63) is 59.7 Å². The molecule has 0 aliphatic rings. The van der Waals surface area contributed by atoms with Gasteiger partial charge in [0.25, 0.3) is 5.91 Å². The van der Waals surface area contributed by atoms with E-state index in [0.29, 0.717) is 23.6 Å². The zero-order chi connectivity index (χ0) is 17.5. The van der Waals surface area contributed by atoms with Gasteiger partial charge in [-0.25, -0.2) is 0 Å². The standard InChI is InChI=1S/C20H24N2O2/c1-14(2)12-13-19(23)22-18-11-7-10-17(15(18)3)20(24)21-16-8-5-4-6-9-16/h4-11,14H,12-13H2,1-3H3,(H,21,24)(H,22,23). The Balaban J connectivity index is 2.09. The molecule has 0 saturated carbocycles. The summed E-state index contributed by atoms with van der Waals surface area (Å²) in [6.07, 6.45) is 1.33. The number of amides is 2. The number of hydrogen-bond donors (Lipinski definition) is 2. The maximum Gasteiger partial charge on any atom is 0.256 e. The van der Waals surface area contributed by atoms with E-state index in [4.69, 9.17) is 0 Å². The van der Waals surface area contributed by atoms with Gasteiger partial charge in [0.1, 0.15) is 0 Å². The molecule has 2 amide bonds. The first-order valence-electron chi connectivity index (χ1n) is 8.23. The molecule has 0 aromatic heterocycles. The van der Waals surface area contributed by atoms with Crippen molar-refractivity contribution in [2.75, 3.05) is 10.6 Å². The maximum atomic E-state index is 12.5. The van der Waals surface area contributed by atoms with Gasteiger partial charge < -0.3 is 10.6 Å². The molecule has 2 N–H and O–H groups in total. The number of carbonyl (C=O) groups is 2. The smallest absolute Gasteiger partial charge is 0.256 e. The topological polar surface area (TPSA) is 58.2 Å². The van der Waals surface area contributed by atoms with E-state index in [1.54, 1.807) is 12.1 Å². The summed E-state index contributed by atoms with van der Waals surface area (Å²) >= 11 is 0. The number of benzene rings is 2. The van der Waals surface area contributed by atoms with Crippen molar-refractivity contribution in [2.45, 2.75) is 33.6 Å². The summed E-state index contributed by atoms with van der Waals surface area (Å²) in [6, 6.07) is 14.7. The first-order valence-corrected chi connectivity index (χ1v) is 8.23. The zero-order valence-corrected chi connectivity index (χ0v) is 14.4. The van der Waals surface area contributed by atoms with Gasteiger partial charge in [0.2, 0.25) is 5.91 Å². The lowest BCUT2D eigenvalue weighted by atomic mass is 10.0. The van der Waals surface area contributed by atoms with Crippen LogP contribution in [0.2, 0.25) is 0 Å². The van der Waals surface area contributed by atoms with E-state index in [0.717, 1.165) is 17.7 Å². The monoisotopic (exact) mass is 324 g/mol. The van der Waals surface area contributed by atoms with Crippen LogP contribution in [-0.2, 0) is 4.79 Å². The summed E-state index contributed by atoms with van der Waals surface area (Å²) < 4.78 is 0. The lowest BCUT2D eigenvalue weighted by Gasteiger charge is -2.13. The summed E-state index contributed by atoms with van der Waals surface area (Å²) in [4.78, 5) is 24.5. The molecule has 0 radical (unpaired) electrons. The van der Waals surface area contributed by atoms with E-state index in [2.05, 4.69) is 24.5 Å². The third-order valence-electron chi connectivity index (χ3n) is 3.83. The molecule has 0 atom stereocenters. The zero-order valence-electron chi connectivity index (χ0n) is 14.4. The van der Waals surface area contributed by atoms with Crippen LogP contribution in [0, 0.1) is 12.8 Å². The second-order valence-electron chi connectivity index (χ2n) is 6.28. The predicted molar refractivity (Wildman–Crippen MR) is 98.3 cm³/mol. The Morgan fingerprint density at radius 2 is 1.67 bits per heavy atom. The van der Waals surface area contributed by atoms with Crippen molar-refractivity contribution in [2.24, 2.45) is 5.92 Å². The maximum absolute atomic E-state index is 12.5. The Morgan fingerprint density at radius 1 is 0.958 bits per heavy atom. The van der Waals surface area contributed by atoms with Crippen LogP contribution in [-0.4, -0.2) is 11.8 Å². The number of carbonyl (C=O) groups excluding carboxylic acids is 2. The highest BCUT2D eigenvalue weighted by Crippen LogP contribution is 2.21. The molecule has 0 spiro atoms. The molecular weight excluding hydrogens is 300 g/mol. The highest BCUT2D eigenvalue weighted by atomic mass is 16.2. The molecule has 0 unspecified atom stereocenters. The molecule has 0 heterocycles. The molecular formula is C20H24N2O2. The molecule has 126 valence electrons. The van der Waals surface area contributed by atoms with Gasteiger partial charge in [-0.3, -0.25) is 9.59 Å². The van der Waals surface area contributed by atoms with Gasteiger partial charge in [-0.05, 0) is 49.1 Å². The summed E-state index contributed by atoms with van der Waals surface area (Å²) in [5.41, 5.74) is 2.75. The first-order chi connectivity index (χ1) is 11.5. The lowest BCUT2D eigenvalue weighted by molar-refractivity contribution is -0.116. The fourth-order valence-corrected chi connectivity index (χ4v) is 2.37. The average molecular weight is 324 g/mol. The number of nitrogens with one attached hydrogen (secondary N) is 2. The molecule has 4 heteroatoms. The third-order valence-corrected chi connectivity index (χ3v) is 3.83. The van der Waals surface area contributed by atoms with Crippen LogP contribution in [0.4, 0.5) is 11.4 Å². The van der Waals surface area contributed by atoms with Gasteiger partial charge >= 0.3 is 0 Å². The van der Waals surface area contributed by atoms with E-state index in [-0.39, 0.29) is 11.8 Å². The molecule has 0 aliphatic heterocycles. The molecule has 0 aliphatic carbocycles. The Labute approximate surface area is 143 Å². The largest absolute Gasteiger partial charge is 0.326 e. The molecule has 0 bridgehead atoms. The van der Waals surface area contributed by atoms with Crippen LogP contribution in [0.1, 0.15) is 42.6 Å². The molecule has 4 nitrogen and oxygen atoms in total. The van der Waals surface area contributed by atoms with E-state index in [1.807, 2.05) is 43.3 Å². The Bertz CT molecular complexity index is 709. The van der Waals surface area contributed by atoms with Gasteiger partial charge in [-0.1, -0.05) is 38.1 Å². The number of hydrogen-bond acceptors (Lipinski definition) is 2. The van der Waals surface area contributed by atoms with Crippen molar-refractivity contribution < 1.29 is 9.59 Å². The van der Waals surface area contributed by atoms with Gasteiger partial charge in [0.05, 0.1) is 0 Å². The molecule has 0 saturated heterocycles. The predicted octanol–water partition coefficient (Wildman–Crippen LogP) is 4.62. The van der Waals surface area contributed by atoms with Gasteiger partial charge in [-0.15, -0.1) is 0 Å². The first kappa shape index (κ1) is 17.7. The Morgan fingerprint density at radius 3 is 2.33 bits per heavy atom. The lowest BCUT2D eigenvalue weighted by Crippen LogP contribution is -2.17. The molecule has 0 fully saturated rings. The van der Waals surface area contributed by atoms with E-state index >= 15 is 0 Å². The molecule has 2 rings (SSSR count). The van der Waals surface area contributed by atoms with Crippen molar-refractivity contribution in [3.8, 4) is 0 Å². The SMILES string of the molecule is Cc1c(NC(=O)CCC(C)C)cccc1C(=O)Nc1ccccc1. The van der Waals surface area contributed by atoms with Crippen molar-refractivity contribution in [3.63, 3.8) is 0 Å². The number of rotatable bonds is 6. The molecule has 2 aromatic carbocycles. The molecule has 24 heavy (non-hydrogen) atoms. The average Bonchev–Trinajstić information content (AvgIpc) is 2.55. The fourth-order valence-electron chi connectivity index (χ4n) is 2.37. The summed E-state index contributed by atoms with van der Waals surface area (Å²) in [7, 11) is 0. The van der Waals surface area contributed by atoms with E-state index < -0.39 is 0 Å². The van der Waals surface area contributed by atoms with E-state index in [9.17, 15) is 9.59 Å². The summed E-state index contributed by atoms with van der Waals surface area (Å²) in [5.74, 6) is 0.282. The van der Waals surface area contributed by atoms with Crippen LogP contribution < -0.4 is 10.6 Å². The highest BCUT2D eigenvalue weighted by Gasteiger charge is 2.13. The quantitative estimate of drug-likeness (QED) is 0.814. The van der Waals surface area contributed by atoms with Crippen LogP contribution in [0.15, 0.2) is 48.5 Å². The van der Waals surface area contributed by atoms with Crippen LogP contribution in [0.5, 0.6) is 0 Å². The third kappa shape index (κ3) is 4.95. The number of para-hydroxylation sites is 1. The Hall–Kier alpha value is -2.62. The van der Waals surface area contributed by atoms with Crippen LogP contribution in [0.3, 0.4) is 0 Å². The van der Waals surface area contributed by atoms with Gasteiger partial charge in [-0.2, -0.15) is 0 Å². The van der Waals surface area contributed by atoms with Crippen LogP contribution >= 0.6 is 0 Å². The van der Waals surface area contributed by atoms with Crippen LogP contribution in [0.25, 0.3) is 0 Å². The van der Waals surface area contributed by atoms with Crippen molar-refractivity contribution in [1.29, 1.82) is 0 Å². The second-order valence-corrected chi connectivity index (χ2v) is 6.28. The second kappa shape index (κ2) is 8.29. The van der Waals surface area contributed by atoms with Crippen molar-refractivity contribution >= 4 is 23.2 Å². The normalized spacial score (nSPS) is 10.5. The minimum absolute atomic E-state index is 0.0209. The highest BCUT2D eigenvalue weighted by molar-refractivity contribution is 6.06. The Kier molecular flexibility index (Phi) is 6.13. The minimum Gasteiger partial charge on any atom is -0.326 e. The summed E-state index contributed by atoms with van der Waals surface area (Å²) in [6.45, 7) is 6.03. The number of anilines is 2. The van der Waals surface area contributed by atoms with Gasteiger partial charge in [0, 0.05) is 23.4 Å². The fraction of sp³-hybridized carbons (Fsp3) is 0.300. The van der Waals surface area contributed by atoms with Crippen molar-refractivity contribution in [1.82, 2.24) is 0 Å². The minimum atomic E-state index is -0.183. The van der Waals surface area contributed by atoms with Gasteiger partial charge in [0.15, 0.2) is 0 Å².